The molecule has 1 unspecified atom stereocenters. The highest BCUT2D eigenvalue weighted by Gasteiger charge is 2.38. The maximum atomic E-state index is 12.8. The summed E-state index contributed by atoms with van der Waals surface area (Å²) < 4.78 is 76.5. The Balaban J connectivity index is 2.44. The number of pyridine rings is 1. The molecule has 0 aliphatic heterocycles. The first-order chi connectivity index (χ1) is 12.4. The molecule has 27 heavy (non-hydrogen) atoms. The van der Waals surface area contributed by atoms with Gasteiger partial charge in [-0.15, -0.1) is 0 Å². The number of nitrogens with zero attached hydrogens (tertiary/aromatic N) is 4. The van der Waals surface area contributed by atoms with Gasteiger partial charge in [0.25, 0.3) is 0 Å². The third-order valence-electron chi connectivity index (χ3n) is 3.25. The molecule has 2 atom stereocenters. The quantitative estimate of drug-likeness (QED) is 0.561. The molecule has 2 aromatic heterocycles. The van der Waals surface area contributed by atoms with Gasteiger partial charge in [-0.25, -0.2) is 4.98 Å². The first-order valence-electron chi connectivity index (χ1n) is 7.42. The molecule has 0 aliphatic carbocycles. The third kappa shape index (κ3) is 5.81. The van der Waals surface area contributed by atoms with Gasteiger partial charge in [-0.2, -0.15) is 41.3 Å². The van der Waals surface area contributed by atoms with Crippen molar-refractivity contribution in [2.45, 2.75) is 38.3 Å². The number of hydrogen-bond acceptors (Lipinski definition) is 6. The summed E-state index contributed by atoms with van der Waals surface area (Å²) in [6.07, 6.45) is -9.23. The van der Waals surface area contributed by atoms with Gasteiger partial charge < -0.3 is 10.6 Å². The van der Waals surface area contributed by atoms with E-state index in [-0.39, 0.29) is 16.7 Å². The Morgan fingerprint density at radius 2 is 1.30 bits per heavy atom. The molecule has 0 aliphatic rings. The number of aromatic nitrogens is 4. The van der Waals surface area contributed by atoms with Crippen molar-refractivity contribution in [3.05, 3.63) is 23.4 Å². The molecule has 2 N–H and O–H groups in total. The van der Waals surface area contributed by atoms with Gasteiger partial charge >= 0.3 is 12.4 Å². The standard InChI is InChI=1S/C14H13ClF6N6/c1-6(13(16,17)18)22-11-25-10(8-4-3-5-9(15)24-8)26-12(27-11)23-7(2)14(19,20)21/h3-7H,1-2H3,(H2,22,23,25,26,27)/t6-,7?/m1/s1. The van der Waals surface area contributed by atoms with Crippen LogP contribution in [-0.2, 0) is 0 Å². The Morgan fingerprint density at radius 1 is 0.815 bits per heavy atom. The van der Waals surface area contributed by atoms with Crippen LogP contribution < -0.4 is 10.6 Å². The van der Waals surface area contributed by atoms with E-state index in [0.29, 0.717) is 0 Å². The van der Waals surface area contributed by atoms with Gasteiger partial charge in [-0.3, -0.25) is 0 Å². The zero-order valence-electron chi connectivity index (χ0n) is 13.8. The van der Waals surface area contributed by atoms with E-state index in [0.717, 1.165) is 13.8 Å². The molecule has 2 rings (SSSR count). The fourth-order valence-electron chi connectivity index (χ4n) is 1.70. The van der Waals surface area contributed by atoms with E-state index < -0.39 is 36.3 Å². The van der Waals surface area contributed by atoms with Crippen LogP contribution in [0.5, 0.6) is 0 Å². The van der Waals surface area contributed by atoms with E-state index in [4.69, 9.17) is 11.6 Å². The van der Waals surface area contributed by atoms with Crippen LogP contribution >= 0.6 is 11.6 Å². The third-order valence-corrected chi connectivity index (χ3v) is 3.46. The van der Waals surface area contributed by atoms with Crippen LogP contribution in [0.2, 0.25) is 5.15 Å². The predicted molar refractivity (Wildman–Crippen MR) is 86.3 cm³/mol. The average Bonchev–Trinajstić information content (AvgIpc) is 2.52. The maximum Gasteiger partial charge on any atom is 0.408 e. The average molecular weight is 415 g/mol. The molecule has 0 spiro atoms. The molecule has 0 bridgehead atoms. The maximum absolute atomic E-state index is 12.8. The van der Waals surface area contributed by atoms with Crippen LogP contribution in [0.3, 0.4) is 0 Å². The van der Waals surface area contributed by atoms with Crippen LogP contribution in [-0.4, -0.2) is 44.4 Å². The summed E-state index contributed by atoms with van der Waals surface area (Å²) in [4.78, 5) is 15.1. The SMILES string of the molecule is CC(Nc1nc(N[C@H](C)C(F)(F)F)nc(-c2cccc(Cl)n2)n1)C(F)(F)F. The zero-order valence-corrected chi connectivity index (χ0v) is 14.6. The normalized spacial score (nSPS) is 14.6. The first-order valence-corrected chi connectivity index (χ1v) is 7.79. The second-order valence-electron chi connectivity index (χ2n) is 5.47. The highest BCUT2D eigenvalue weighted by Crippen LogP contribution is 2.26. The molecular formula is C14H13ClF6N6. The van der Waals surface area contributed by atoms with E-state index in [1.54, 1.807) is 0 Å². The second-order valence-corrected chi connectivity index (χ2v) is 5.85. The van der Waals surface area contributed by atoms with Crippen molar-refractivity contribution in [1.82, 2.24) is 19.9 Å². The summed E-state index contributed by atoms with van der Waals surface area (Å²) >= 11 is 5.75. The lowest BCUT2D eigenvalue weighted by Gasteiger charge is -2.20. The van der Waals surface area contributed by atoms with Crippen LogP contribution in [0, 0.1) is 0 Å². The molecule has 6 nitrogen and oxygen atoms in total. The van der Waals surface area contributed by atoms with Crippen LogP contribution in [0.15, 0.2) is 18.2 Å². The largest absolute Gasteiger partial charge is 0.408 e. The van der Waals surface area contributed by atoms with Crippen molar-refractivity contribution in [2.75, 3.05) is 10.6 Å². The summed E-state index contributed by atoms with van der Waals surface area (Å²) in [6, 6.07) is 0.212. The van der Waals surface area contributed by atoms with E-state index in [2.05, 4.69) is 19.9 Å². The fraction of sp³-hybridized carbons (Fsp3) is 0.429. The Bertz CT molecular complexity index is 756. The van der Waals surface area contributed by atoms with Crippen molar-refractivity contribution in [2.24, 2.45) is 0 Å². The van der Waals surface area contributed by atoms with Crippen molar-refractivity contribution >= 4 is 23.5 Å². The number of alkyl halides is 6. The van der Waals surface area contributed by atoms with E-state index in [1.807, 2.05) is 10.6 Å². The van der Waals surface area contributed by atoms with Gasteiger partial charge in [0.15, 0.2) is 5.82 Å². The molecule has 0 saturated heterocycles. The fourth-order valence-corrected chi connectivity index (χ4v) is 1.87. The Kier molecular flexibility index (Phi) is 5.97. The molecule has 2 heterocycles. The first kappa shape index (κ1) is 20.9. The van der Waals surface area contributed by atoms with Gasteiger partial charge in [0, 0.05) is 0 Å². The van der Waals surface area contributed by atoms with Gasteiger partial charge in [0.2, 0.25) is 11.9 Å². The minimum atomic E-state index is -4.62. The minimum Gasteiger partial charge on any atom is -0.343 e. The predicted octanol–water partition coefficient (Wildman–Crippen LogP) is 4.31. The highest BCUT2D eigenvalue weighted by atomic mass is 35.5. The van der Waals surface area contributed by atoms with Crippen LogP contribution in [0.4, 0.5) is 38.2 Å². The van der Waals surface area contributed by atoms with Crippen molar-refractivity contribution in [1.29, 1.82) is 0 Å². The van der Waals surface area contributed by atoms with Gasteiger partial charge in [-0.05, 0) is 26.0 Å². The van der Waals surface area contributed by atoms with Crippen LogP contribution in [0.1, 0.15) is 13.8 Å². The summed E-state index contributed by atoms with van der Waals surface area (Å²) in [6.45, 7) is 1.62. The van der Waals surface area contributed by atoms with Gasteiger partial charge in [0.1, 0.15) is 22.9 Å². The number of halogens is 7. The number of anilines is 2. The lowest BCUT2D eigenvalue weighted by Crippen LogP contribution is -2.35. The molecule has 0 amide bonds. The number of hydrogen-bond donors (Lipinski definition) is 2. The summed E-state index contributed by atoms with van der Waals surface area (Å²) in [5, 5.41) is 4.03. The minimum absolute atomic E-state index is 0.0456. The van der Waals surface area contributed by atoms with E-state index in [9.17, 15) is 26.3 Å². The lowest BCUT2D eigenvalue weighted by molar-refractivity contribution is -0.139. The van der Waals surface area contributed by atoms with Crippen molar-refractivity contribution in [3.63, 3.8) is 0 Å². The Morgan fingerprint density at radius 3 is 1.70 bits per heavy atom. The Labute approximate surface area is 154 Å². The molecule has 13 heteroatoms. The molecule has 0 saturated carbocycles. The smallest absolute Gasteiger partial charge is 0.343 e. The number of nitrogens with one attached hydrogen (secondary N) is 2. The highest BCUT2D eigenvalue weighted by molar-refractivity contribution is 6.29. The van der Waals surface area contributed by atoms with Crippen LogP contribution in [0.25, 0.3) is 11.5 Å². The lowest BCUT2D eigenvalue weighted by atomic mass is 10.3. The molecular weight excluding hydrogens is 402 g/mol. The number of rotatable bonds is 5. The monoisotopic (exact) mass is 414 g/mol. The van der Waals surface area contributed by atoms with Crippen molar-refractivity contribution in [3.8, 4) is 11.5 Å². The Hall–Kier alpha value is -2.37. The van der Waals surface area contributed by atoms with E-state index >= 15 is 0 Å². The molecule has 0 radical (unpaired) electrons. The van der Waals surface area contributed by atoms with Gasteiger partial charge in [-0.1, -0.05) is 17.7 Å². The van der Waals surface area contributed by atoms with E-state index in [1.165, 1.54) is 18.2 Å². The summed E-state index contributed by atoms with van der Waals surface area (Å²) in [5.41, 5.74) is 0.0512. The topological polar surface area (TPSA) is 75.6 Å². The molecule has 2 aromatic rings. The molecule has 0 fully saturated rings. The zero-order chi connectivity index (χ0) is 20.4. The molecule has 148 valence electrons. The molecule has 0 aromatic carbocycles. The summed E-state index contributed by atoms with van der Waals surface area (Å²) in [5.74, 6) is -1.38. The second kappa shape index (κ2) is 7.71. The summed E-state index contributed by atoms with van der Waals surface area (Å²) in [7, 11) is 0. The van der Waals surface area contributed by atoms with Crippen molar-refractivity contribution < 1.29 is 26.3 Å². The van der Waals surface area contributed by atoms with Gasteiger partial charge in [0.05, 0.1) is 0 Å².